The van der Waals surface area contributed by atoms with Gasteiger partial charge in [0.2, 0.25) is 5.91 Å². The molecule has 2 amide bonds. The first-order valence-corrected chi connectivity index (χ1v) is 11.9. The van der Waals surface area contributed by atoms with Gasteiger partial charge in [-0.2, -0.15) is 0 Å². The molecular weight excluding hydrogens is 454 g/mol. The molecule has 4 heterocycles. The summed E-state index contributed by atoms with van der Waals surface area (Å²) >= 11 is 0. The van der Waals surface area contributed by atoms with Gasteiger partial charge in [0.15, 0.2) is 0 Å². The topological polar surface area (TPSA) is 119 Å². The summed E-state index contributed by atoms with van der Waals surface area (Å²) in [6.45, 7) is 5.63. The lowest BCUT2D eigenvalue weighted by Crippen LogP contribution is -2.33. The van der Waals surface area contributed by atoms with Crippen LogP contribution in [0.25, 0.3) is 16.8 Å². The van der Waals surface area contributed by atoms with Crippen molar-refractivity contribution >= 4 is 29.0 Å². The van der Waals surface area contributed by atoms with Crippen LogP contribution in [0.1, 0.15) is 40.6 Å². The molecule has 180 valence electrons. The third kappa shape index (κ3) is 3.60. The van der Waals surface area contributed by atoms with Gasteiger partial charge < -0.3 is 16.0 Å². The van der Waals surface area contributed by atoms with Crippen LogP contribution < -0.4 is 11.1 Å². The van der Waals surface area contributed by atoms with Crippen molar-refractivity contribution in [3.63, 3.8) is 0 Å². The molecule has 3 N–H and O–H groups in total. The van der Waals surface area contributed by atoms with Gasteiger partial charge in [0.1, 0.15) is 28.7 Å². The molecule has 1 aliphatic heterocycles. The number of fused-ring (bicyclic) bond motifs is 2. The lowest BCUT2D eigenvalue weighted by molar-refractivity contribution is -0.128. The molecule has 9 nitrogen and oxygen atoms in total. The number of carbonyl (C=O) groups is 2. The van der Waals surface area contributed by atoms with Gasteiger partial charge in [-0.15, -0.1) is 0 Å². The van der Waals surface area contributed by atoms with E-state index in [4.69, 9.17) is 10.7 Å². The third-order valence-corrected chi connectivity index (χ3v) is 7.02. The predicted octanol–water partition coefficient (Wildman–Crippen LogP) is 3.78. The molecule has 4 aromatic rings. The molecule has 9 heteroatoms. The van der Waals surface area contributed by atoms with Gasteiger partial charge in [0.25, 0.3) is 5.91 Å². The number of hydrogen-bond acceptors (Lipinski definition) is 6. The molecule has 2 fully saturated rings. The van der Waals surface area contributed by atoms with Crippen LogP contribution in [0, 0.1) is 12.8 Å². The van der Waals surface area contributed by atoms with E-state index in [2.05, 4.69) is 21.9 Å². The molecule has 0 bridgehead atoms. The van der Waals surface area contributed by atoms with Crippen molar-refractivity contribution in [3.05, 3.63) is 84.6 Å². The van der Waals surface area contributed by atoms with E-state index in [0.717, 1.165) is 29.8 Å². The number of benzene rings is 1. The Morgan fingerprint density at radius 1 is 1.14 bits per heavy atom. The maximum absolute atomic E-state index is 12.7. The molecule has 0 radical (unpaired) electrons. The first-order chi connectivity index (χ1) is 17.4. The minimum Gasteiger partial charge on any atom is -0.382 e. The highest BCUT2D eigenvalue weighted by Gasteiger charge is 2.55. The van der Waals surface area contributed by atoms with Crippen LogP contribution >= 0.6 is 0 Å². The summed E-state index contributed by atoms with van der Waals surface area (Å²) in [5.41, 5.74) is 9.95. The predicted molar refractivity (Wildman–Crippen MR) is 136 cm³/mol. The Bertz CT molecular complexity index is 1530. The molecule has 1 saturated heterocycles. The van der Waals surface area contributed by atoms with E-state index < -0.39 is 0 Å². The maximum atomic E-state index is 12.7. The molecule has 1 aromatic carbocycles. The van der Waals surface area contributed by atoms with Crippen molar-refractivity contribution in [2.24, 2.45) is 5.92 Å². The van der Waals surface area contributed by atoms with Gasteiger partial charge in [-0.05, 0) is 61.6 Å². The molecule has 1 aliphatic carbocycles. The summed E-state index contributed by atoms with van der Waals surface area (Å²) in [5, 5.41) is 2.82. The Hall–Kier alpha value is -4.53. The number of imidazole rings is 1. The molecule has 6 rings (SSSR count). The highest BCUT2D eigenvalue weighted by atomic mass is 16.2. The normalized spacial score (nSPS) is 20.2. The summed E-state index contributed by atoms with van der Waals surface area (Å²) < 4.78 is 1.93. The number of likely N-dealkylation sites (tertiary alicyclic amines) is 1. The average Bonchev–Trinajstić information content (AvgIpc) is 3.36. The van der Waals surface area contributed by atoms with Crippen molar-refractivity contribution in [2.75, 3.05) is 11.1 Å². The zero-order valence-corrected chi connectivity index (χ0v) is 19.8. The van der Waals surface area contributed by atoms with E-state index in [-0.39, 0.29) is 23.9 Å². The van der Waals surface area contributed by atoms with Crippen LogP contribution in [-0.2, 0) is 4.79 Å². The van der Waals surface area contributed by atoms with E-state index in [9.17, 15) is 9.59 Å². The second-order valence-electron chi connectivity index (χ2n) is 9.36. The number of pyridine rings is 1. The fourth-order valence-corrected chi connectivity index (χ4v) is 5.21. The van der Waals surface area contributed by atoms with Crippen LogP contribution in [-0.4, -0.2) is 42.1 Å². The number of nitrogens with one attached hydrogen (secondary N) is 1. The highest BCUT2D eigenvalue weighted by molar-refractivity contribution is 6.04. The summed E-state index contributed by atoms with van der Waals surface area (Å²) in [5.74, 6) is 1.77. The standard InChI is InChI=1S/C27H25N7O2/c1-3-22(35)34-19-13-18(19)14-20(34)26-32-23(24-25(28)30-10-11-33(24)26)16-4-6-17(7-5-16)27(36)31-21-12-15(2)8-9-29-21/h3-12,18-20H,1,13-14H2,2H3,(H2,28,30)(H,29,31,36)/t18?,19?,20-/m0/s1. The zero-order chi connectivity index (χ0) is 25.0. The van der Waals surface area contributed by atoms with E-state index in [1.807, 2.05) is 46.7 Å². The minimum absolute atomic E-state index is 0.0798. The van der Waals surface area contributed by atoms with Gasteiger partial charge in [-0.1, -0.05) is 18.7 Å². The van der Waals surface area contributed by atoms with Crippen molar-refractivity contribution in [1.29, 1.82) is 0 Å². The van der Waals surface area contributed by atoms with Gasteiger partial charge in [0, 0.05) is 35.8 Å². The number of rotatable bonds is 5. The van der Waals surface area contributed by atoms with E-state index in [0.29, 0.717) is 34.3 Å². The number of carbonyl (C=O) groups excluding carboxylic acids is 2. The summed E-state index contributed by atoms with van der Waals surface area (Å²) in [4.78, 5) is 40.7. The lowest BCUT2D eigenvalue weighted by atomic mass is 10.1. The molecule has 0 spiro atoms. The van der Waals surface area contributed by atoms with Crippen LogP contribution in [0.4, 0.5) is 11.6 Å². The van der Waals surface area contributed by atoms with Gasteiger partial charge in [-0.3, -0.25) is 14.0 Å². The van der Waals surface area contributed by atoms with Gasteiger partial charge >= 0.3 is 0 Å². The lowest BCUT2D eigenvalue weighted by Gasteiger charge is -2.25. The Labute approximate surface area is 207 Å². The van der Waals surface area contributed by atoms with Crippen molar-refractivity contribution in [3.8, 4) is 11.3 Å². The first-order valence-electron chi connectivity index (χ1n) is 11.9. The van der Waals surface area contributed by atoms with E-state index >= 15 is 0 Å². The first kappa shape index (κ1) is 22.0. The van der Waals surface area contributed by atoms with E-state index in [1.165, 1.54) is 6.08 Å². The largest absolute Gasteiger partial charge is 0.382 e. The zero-order valence-electron chi connectivity index (χ0n) is 19.8. The second-order valence-corrected chi connectivity index (χ2v) is 9.36. The Balaban J connectivity index is 1.35. The Morgan fingerprint density at radius 3 is 2.69 bits per heavy atom. The van der Waals surface area contributed by atoms with Crippen LogP contribution in [0.5, 0.6) is 0 Å². The van der Waals surface area contributed by atoms with Crippen molar-refractivity contribution < 1.29 is 9.59 Å². The Morgan fingerprint density at radius 2 is 1.94 bits per heavy atom. The molecule has 3 aromatic heterocycles. The van der Waals surface area contributed by atoms with Crippen LogP contribution in [0.15, 0.2) is 67.6 Å². The molecule has 1 saturated carbocycles. The summed E-state index contributed by atoms with van der Waals surface area (Å²) in [7, 11) is 0. The van der Waals surface area contributed by atoms with Gasteiger partial charge in [-0.25, -0.2) is 15.0 Å². The number of nitrogens with zero attached hydrogens (tertiary/aromatic N) is 5. The molecule has 2 aliphatic rings. The number of nitrogen functional groups attached to an aromatic ring is 1. The second kappa shape index (κ2) is 8.30. The number of aromatic nitrogens is 4. The number of piperidine rings is 1. The number of hydrogen-bond donors (Lipinski definition) is 2. The summed E-state index contributed by atoms with van der Waals surface area (Å²) in [6.07, 6.45) is 8.38. The number of nitrogens with two attached hydrogens (primary N) is 1. The average molecular weight is 480 g/mol. The van der Waals surface area contributed by atoms with E-state index in [1.54, 1.807) is 24.5 Å². The van der Waals surface area contributed by atoms with Gasteiger partial charge in [0.05, 0.1) is 6.04 Å². The number of anilines is 2. The highest BCUT2D eigenvalue weighted by Crippen LogP contribution is 2.53. The Kier molecular flexibility index (Phi) is 5.06. The van der Waals surface area contributed by atoms with Crippen molar-refractivity contribution in [2.45, 2.75) is 31.8 Å². The molecule has 36 heavy (non-hydrogen) atoms. The fraction of sp³-hybridized carbons (Fsp3) is 0.222. The monoisotopic (exact) mass is 479 g/mol. The minimum atomic E-state index is -0.250. The smallest absolute Gasteiger partial charge is 0.256 e. The molecule has 2 unspecified atom stereocenters. The van der Waals surface area contributed by atoms with Crippen molar-refractivity contribution in [1.82, 2.24) is 24.3 Å². The number of aryl methyl sites for hydroxylation is 1. The fourth-order valence-electron chi connectivity index (χ4n) is 5.21. The molecular formula is C27H25N7O2. The third-order valence-electron chi connectivity index (χ3n) is 7.02. The summed E-state index contributed by atoms with van der Waals surface area (Å²) in [6, 6.07) is 11.0. The van der Waals surface area contributed by atoms with Crippen LogP contribution in [0.2, 0.25) is 0 Å². The SMILES string of the molecule is C=CC(=O)N1C2CC2C[C@H]1c1nc(-c2ccc(C(=O)Nc3cc(C)ccn3)cc2)c2c(N)nccn12. The quantitative estimate of drug-likeness (QED) is 0.421. The maximum Gasteiger partial charge on any atom is 0.256 e. The number of amides is 2. The molecule has 3 atom stereocenters. The van der Waals surface area contributed by atoms with Crippen LogP contribution in [0.3, 0.4) is 0 Å².